The molecule has 0 atom stereocenters. The zero-order valence-electron chi connectivity index (χ0n) is 13.7. The molecule has 0 unspecified atom stereocenters. The number of nitrogens with one attached hydrogen (secondary N) is 1. The van der Waals surface area contributed by atoms with Crippen molar-refractivity contribution in [2.75, 3.05) is 13.1 Å². The molecule has 2 aromatic rings. The summed E-state index contributed by atoms with van der Waals surface area (Å²) in [6, 6.07) is 7.08. The minimum Gasteiger partial charge on any atom is -0.459 e. The number of carbonyl (C=O) groups excluding carboxylic acids is 3. The first-order valence-electron chi connectivity index (χ1n) is 7.98. The largest absolute Gasteiger partial charge is 0.459 e. The third kappa shape index (κ3) is 4.24. The van der Waals surface area contributed by atoms with Crippen LogP contribution in [0.4, 0.5) is 9.18 Å². The van der Waals surface area contributed by atoms with E-state index in [0.717, 1.165) is 0 Å². The Morgan fingerprint density at radius 2 is 2.15 bits per heavy atom. The van der Waals surface area contributed by atoms with Crippen molar-refractivity contribution in [2.24, 2.45) is 0 Å². The van der Waals surface area contributed by atoms with Crippen molar-refractivity contribution in [1.29, 1.82) is 0 Å². The van der Waals surface area contributed by atoms with E-state index < -0.39 is 17.8 Å². The van der Waals surface area contributed by atoms with Crippen molar-refractivity contribution in [2.45, 2.75) is 19.4 Å². The van der Waals surface area contributed by atoms with Crippen LogP contribution < -0.4 is 5.32 Å². The van der Waals surface area contributed by atoms with Gasteiger partial charge >= 0.3 is 12.0 Å². The van der Waals surface area contributed by atoms with Crippen LogP contribution in [0.3, 0.4) is 0 Å². The van der Waals surface area contributed by atoms with Crippen molar-refractivity contribution < 1.29 is 28.0 Å². The lowest BCUT2D eigenvalue weighted by Gasteiger charge is -2.25. The third-order valence-electron chi connectivity index (χ3n) is 3.81. The van der Waals surface area contributed by atoms with Crippen LogP contribution in [0.1, 0.15) is 18.5 Å². The lowest BCUT2D eigenvalue weighted by molar-refractivity contribution is -0.145. The van der Waals surface area contributed by atoms with Gasteiger partial charge in [-0.05, 0) is 12.1 Å². The first-order valence-corrected chi connectivity index (χ1v) is 7.98. The molecule has 136 valence electrons. The minimum absolute atomic E-state index is 0.0143. The SMILES string of the molecule is O=C1CCN(CCC(=O)OCc2cc(-c3ccccc3F)on2)C(=O)N1. The maximum atomic E-state index is 13.7. The standard InChI is InChI=1S/C17H16FN3O5/c18-13-4-2-1-3-12(13)14-9-11(20-26-14)10-25-16(23)6-8-21-7-5-15(22)19-17(21)24/h1-4,9H,5-8,10H2,(H,19,22,24). The quantitative estimate of drug-likeness (QED) is 0.788. The van der Waals surface area contributed by atoms with Crippen molar-refractivity contribution in [1.82, 2.24) is 15.4 Å². The fourth-order valence-electron chi connectivity index (χ4n) is 2.43. The van der Waals surface area contributed by atoms with Crippen LogP contribution in [-0.4, -0.2) is 41.1 Å². The van der Waals surface area contributed by atoms with Crippen molar-refractivity contribution >= 4 is 17.9 Å². The van der Waals surface area contributed by atoms with Gasteiger partial charge in [0.15, 0.2) is 5.76 Å². The molecule has 0 spiro atoms. The molecule has 3 rings (SSSR count). The second kappa shape index (κ2) is 7.77. The second-order valence-electron chi connectivity index (χ2n) is 5.66. The number of urea groups is 1. The molecule has 3 amide bonds. The topological polar surface area (TPSA) is 102 Å². The summed E-state index contributed by atoms with van der Waals surface area (Å²) >= 11 is 0. The van der Waals surface area contributed by atoms with E-state index in [4.69, 9.17) is 9.26 Å². The Hall–Kier alpha value is -3.23. The smallest absolute Gasteiger partial charge is 0.324 e. The van der Waals surface area contributed by atoms with Crippen molar-refractivity contribution in [3.63, 3.8) is 0 Å². The highest BCUT2D eigenvalue weighted by atomic mass is 19.1. The fraction of sp³-hybridized carbons (Fsp3) is 0.294. The van der Waals surface area contributed by atoms with E-state index in [9.17, 15) is 18.8 Å². The Kier molecular flexibility index (Phi) is 5.26. The normalized spacial score (nSPS) is 14.3. The highest BCUT2D eigenvalue weighted by molar-refractivity contribution is 5.96. The molecule has 0 bridgehead atoms. The summed E-state index contributed by atoms with van der Waals surface area (Å²) in [5.74, 6) is -1.05. The zero-order chi connectivity index (χ0) is 18.5. The molecule has 9 heteroatoms. The van der Waals surface area contributed by atoms with Crippen LogP contribution in [-0.2, 0) is 20.9 Å². The number of ether oxygens (including phenoxy) is 1. The van der Waals surface area contributed by atoms with Crippen LogP contribution in [0.2, 0.25) is 0 Å². The first-order chi connectivity index (χ1) is 12.5. The van der Waals surface area contributed by atoms with E-state index in [0.29, 0.717) is 5.69 Å². The van der Waals surface area contributed by atoms with Gasteiger partial charge in [-0.15, -0.1) is 0 Å². The number of imide groups is 1. The maximum absolute atomic E-state index is 13.7. The monoisotopic (exact) mass is 361 g/mol. The van der Waals surface area contributed by atoms with E-state index in [-0.39, 0.29) is 49.8 Å². The first kappa shape index (κ1) is 17.6. The van der Waals surface area contributed by atoms with Gasteiger partial charge in [0.1, 0.15) is 18.1 Å². The van der Waals surface area contributed by atoms with Crippen LogP contribution in [0.5, 0.6) is 0 Å². The van der Waals surface area contributed by atoms with Gasteiger partial charge in [-0.3, -0.25) is 14.9 Å². The maximum Gasteiger partial charge on any atom is 0.324 e. The Morgan fingerprint density at radius 3 is 2.92 bits per heavy atom. The Bertz CT molecular complexity index is 835. The van der Waals surface area contributed by atoms with Crippen LogP contribution >= 0.6 is 0 Å². The summed E-state index contributed by atoms with van der Waals surface area (Å²) < 4.78 is 23.8. The lowest BCUT2D eigenvalue weighted by atomic mass is 10.1. The van der Waals surface area contributed by atoms with Gasteiger partial charge in [-0.25, -0.2) is 9.18 Å². The van der Waals surface area contributed by atoms with Gasteiger partial charge in [0.25, 0.3) is 0 Å². The fourth-order valence-corrected chi connectivity index (χ4v) is 2.43. The van der Waals surface area contributed by atoms with Gasteiger partial charge in [-0.1, -0.05) is 17.3 Å². The summed E-state index contributed by atoms with van der Waals surface area (Å²) in [6.07, 6.45) is 0.193. The molecule has 2 heterocycles. The average molecular weight is 361 g/mol. The summed E-state index contributed by atoms with van der Waals surface area (Å²) in [5, 5.41) is 5.92. The molecule has 1 aromatic heterocycles. The summed E-state index contributed by atoms with van der Waals surface area (Å²) in [5.41, 5.74) is 0.612. The highest BCUT2D eigenvalue weighted by Crippen LogP contribution is 2.23. The molecular formula is C17H16FN3O5. The molecule has 1 N–H and O–H groups in total. The molecule has 1 aliphatic rings. The number of esters is 1. The predicted molar refractivity (Wildman–Crippen MR) is 86.0 cm³/mol. The van der Waals surface area contributed by atoms with Gasteiger partial charge < -0.3 is 14.2 Å². The number of hydrogen-bond acceptors (Lipinski definition) is 6. The van der Waals surface area contributed by atoms with Gasteiger partial charge in [0, 0.05) is 25.6 Å². The summed E-state index contributed by atoms with van der Waals surface area (Å²) in [6.45, 7) is 0.298. The molecule has 1 aromatic carbocycles. The van der Waals surface area contributed by atoms with Crippen LogP contribution in [0.15, 0.2) is 34.9 Å². The minimum atomic E-state index is -0.523. The molecule has 0 saturated carbocycles. The lowest BCUT2D eigenvalue weighted by Crippen LogP contribution is -2.49. The van der Waals surface area contributed by atoms with E-state index in [2.05, 4.69) is 10.5 Å². The summed E-state index contributed by atoms with van der Waals surface area (Å²) in [4.78, 5) is 35.8. The molecule has 1 aliphatic heterocycles. The van der Waals surface area contributed by atoms with Crippen molar-refractivity contribution in [3.05, 3.63) is 41.8 Å². The number of hydrogen-bond donors (Lipinski definition) is 1. The van der Waals surface area contributed by atoms with Gasteiger partial charge in [-0.2, -0.15) is 0 Å². The molecule has 1 fully saturated rings. The molecular weight excluding hydrogens is 345 g/mol. The highest BCUT2D eigenvalue weighted by Gasteiger charge is 2.23. The third-order valence-corrected chi connectivity index (χ3v) is 3.81. The van der Waals surface area contributed by atoms with Crippen LogP contribution in [0.25, 0.3) is 11.3 Å². The van der Waals surface area contributed by atoms with E-state index in [1.807, 2.05) is 0 Å². The second-order valence-corrected chi connectivity index (χ2v) is 5.66. The zero-order valence-corrected chi connectivity index (χ0v) is 13.7. The molecule has 8 nitrogen and oxygen atoms in total. The number of benzene rings is 1. The number of aromatic nitrogens is 1. The molecule has 0 aliphatic carbocycles. The molecule has 0 radical (unpaired) electrons. The average Bonchev–Trinajstić information content (AvgIpc) is 3.08. The predicted octanol–water partition coefficient (Wildman–Crippen LogP) is 1.86. The summed E-state index contributed by atoms with van der Waals surface area (Å²) in [7, 11) is 0. The molecule has 1 saturated heterocycles. The Labute approximate surface area is 147 Å². The number of rotatable bonds is 6. The number of halogens is 1. The van der Waals surface area contributed by atoms with Gasteiger partial charge in [0.05, 0.1) is 12.0 Å². The molecule has 26 heavy (non-hydrogen) atoms. The van der Waals surface area contributed by atoms with Crippen molar-refractivity contribution in [3.8, 4) is 11.3 Å². The Morgan fingerprint density at radius 1 is 1.35 bits per heavy atom. The van der Waals surface area contributed by atoms with Gasteiger partial charge in [0.2, 0.25) is 5.91 Å². The van der Waals surface area contributed by atoms with E-state index in [1.54, 1.807) is 18.2 Å². The van der Waals surface area contributed by atoms with E-state index in [1.165, 1.54) is 17.0 Å². The Balaban J connectivity index is 1.47. The van der Waals surface area contributed by atoms with Crippen LogP contribution in [0, 0.1) is 5.82 Å². The number of nitrogens with zero attached hydrogens (tertiary/aromatic N) is 2. The number of carbonyl (C=O) groups is 3. The number of amides is 3. The van der Waals surface area contributed by atoms with E-state index >= 15 is 0 Å².